The average Bonchev–Trinajstić information content (AvgIpc) is 2.30. The summed E-state index contributed by atoms with van der Waals surface area (Å²) in [5, 5.41) is 0. The molecule has 0 radical (unpaired) electrons. The fraction of sp³-hybridized carbons (Fsp3) is 0.182. The van der Waals surface area contributed by atoms with Crippen molar-refractivity contribution in [1.29, 1.82) is 0 Å². The molecule has 2 heterocycles. The molecule has 0 atom stereocenters. The van der Waals surface area contributed by atoms with Crippen molar-refractivity contribution >= 4 is 0 Å². The monoisotopic (exact) mass is 201 g/mol. The lowest BCUT2D eigenvalue weighted by Gasteiger charge is -2.02. The SMILES string of the molecule is COc1ccc(-c2cnc(C)nc2)cn1. The number of aromatic nitrogens is 3. The van der Waals surface area contributed by atoms with Crippen LogP contribution in [0.15, 0.2) is 30.7 Å². The van der Waals surface area contributed by atoms with Gasteiger partial charge in [-0.15, -0.1) is 0 Å². The largest absolute Gasteiger partial charge is 0.481 e. The molecule has 2 aromatic heterocycles. The van der Waals surface area contributed by atoms with Crippen molar-refractivity contribution in [2.75, 3.05) is 7.11 Å². The summed E-state index contributed by atoms with van der Waals surface area (Å²) in [6, 6.07) is 3.75. The number of rotatable bonds is 2. The summed E-state index contributed by atoms with van der Waals surface area (Å²) in [6.45, 7) is 1.86. The normalized spacial score (nSPS) is 10.0. The van der Waals surface area contributed by atoms with Crippen molar-refractivity contribution in [3.63, 3.8) is 0 Å². The van der Waals surface area contributed by atoms with Gasteiger partial charge in [0.15, 0.2) is 0 Å². The summed E-state index contributed by atoms with van der Waals surface area (Å²) in [7, 11) is 1.59. The molecule has 0 amide bonds. The highest BCUT2D eigenvalue weighted by molar-refractivity contribution is 5.60. The first-order valence-electron chi connectivity index (χ1n) is 4.58. The van der Waals surface area contributed by atoms with Crippen molar-refractivity contribution in [2.24, 2.45) is 0 Å². The molecular weight excluding hydrogens is 190 g/mol. The van der Waals surface area contributed by atoms with Crippen molar-refractivity contribution in [3.8, 4) is 17.0 Å². The molecule has 2 aromatic rings. The molecule has 0 aliphatic heterocycles. The van der Waals surface area contributed by atoms with E-state index in [1.165, 1.54) is 0 Å². The Balaban J connectivity index is 2.33. The Morgan fingerprint density at radius 2 is 1.60 bits per heavy atom. The van der Waals surface area contributed by atoms with E-state index in [1.807, 2.05) is 19.1 Å². The number of ether oxygens (including phenoxy) is 1. The van der Waals surface area contributed by atoms with Crippen LogP contribution in [0.5, 0.6) is 5.88 Å². The van der Waals surface area contributed by atoms with Gasteiger partial charge in [-0.3, -0.25) is 0 Å². The summed E-state index contributed by atoms with van der Waals surface area (Å²) >= 11 is 0. The lowest BCUT2D eigenvalue weighted by molar-refractivity contribution is 0.398. The smallest absolute Gasteiger partial charge is 0.212 e. The van der Waals surface area contributed by atoms with Crippen LogP contribution in [-0.4, -0.2) is 22.1 Å². The standard InChI is InChI=1S/C11H11N3O/c1-8-12-6-10(7-13-8)9-3-4-11(15-2)14-5-9/h3-7H,1-2H3. The van der Waals surface area contributed by atoms with Crippen molar-refractivity contribution < 1.29 is 4.74 Å². The van der Waals surface area contributed by atoms with Gasteiger partial charge in [0.2, 0.25) is 5.88 Å². The fourth-order valence-electron chi connectivity index (χ4n) is 1.21. The molecule has 76 valence electrons. The minimum atomic E-state index is 0.604. The van der Waals surface area contributed by atoms with E-state index in [-0.39, 0.29) is 0 Å². The third kappa shape index (κ3) is 2.10. The first-order valence-corrected chi connectivity index (χ1v) is 4.58. The minimum Gasteiger partial charge on any atom is -0.481 e. The van der Waals surface area contributed by atoms with Gasteiger partial charge in [0.05, 0.1) is 7.11 Å². The molecule has 2 rings (SSSR count). The predicted octanol–water partition coefficient (Wildman–Crippen LogP) is 1.86. The number of pyridine rings is 1. The zero-order chi connectivity index (χ0) is 10.7. The molecule has 4 heteroatoms. The maximum absolute atomic E-state index is 4.98. The van der Waals surface area contributed by atoms with Gasteiger partial charge in [0, 0.05) is 35.8 Å². The van der Waals surface area contributed by atoms with Crippen molar-refractivity contribution in [1.82, 2.24) is 15.0 Å². The quantitative estimate of drug-likeness (QED) is 0.744. The zero-order valence-electron chi connectivity index (χ0n) is 8.64. The summed E-state index contributed by atoms with van der Waals surface area (Å²) < 4.78 is 4.98. The lowest BCUT2D eigenvalue weighted by atomic mass is 10.1. The number of hydrogen-bond acceptors (Lipinski definition) is 4. The Kier molecular flexibility index (Phi) is 2.58. The summed E-state index contributed by atoms with van der Waals surface area (Å²) in [5.41, 5.74) is 1.94. The summed E-state index contributed by atoms with van der Waals surface area (Å²) in [6.07, 6.45) is 5.31. The van der Waals surface area contributed by atoms with Crippen molar-refractivity contribution in [2.45, 2.75) is 6.92 Å². The number of nitrogens with zero attached hydrogens (tertiary/aromatic N) is 3. The molecule has 0 aromatic carbocycles. The van der Waals surface area contributed by atoms with E-state index >= 15 is 0 Å². The highest BCUT2D eigenvalue weighted by Gasteiger charge is 1.99. The Morgan fingerprint density at radius 1 is 0.933 bits per heavy atom. The molecule has 0 fully saturated rings. The van der Waals surface area contributed by atoms with Crippen molar-refractivity contribution in [3.05, 3.63) is 36.5 Å². The second kappa shape index (κ2) is 4.04. The van der Waals surface area contributed by atoms with Gasteiger partial charge in [0.1, 0.15) is 5.82 Å². The van der Waals surface area contributed by atoms with Crippen LogP contribution in [0.2, 0.25) is 0 Å². The van der Waals surface area contributed by atoms with Crippen LogP contribution < -0.4 is 4.74 Å². The van der Waals surface area contributed by atoms with Crippen LogP contribution in [0, 0.1) is 6.92 Å². The molecule has 0 aliphatic rings. The maximum Gasteiger partial charge on any atom is 0.212 e. The van der Waals surface area contributed by atoms with Gasteiger partial charge in [0.25, 0.3) is 0 Å². The molecule has 0 saturated heterocycles. The summed E-state index contributed by atoms with van der Waals surface area (Å²) in [4.78, 5) is 12.4. The third-order valence-corrected chi connectivity index (χ3v) is 2.06. The van der Waals surface area contributed by atoms with E-state index in [0.717, 1.165) is 17.0 Å². The Bertz CT molecular complexity index is 436. The molecule has 0 N–H and O–H groups in total. The van der Waals surface area contributed by atoms with Crippen LogP contribution in [0.25, 0.3) is 11.1 Å². The molecular formula is C11H11N3O. The molecule has 0 spiro atoms. The van der Waals surface area contributed by atoms with E-state index in [2.05, 4.69) is 15.0 Å². The van der Waals surface area contributed by atoms with Crippen LogP contribution in [-0.2, 0) is 0 Å². The number of methoxy groups -OCH3 is 1. The Morgan fingerprint density at radius 3 is 2.13 bits per heavy atom. The van der Waals surface area contributed by atoms with Gasteiger partial charge in [-0.2, -0.15) is 0 Å². The van der Waals surface area contributed by atoms with Gasteiger partial charge in [-0.05, 0) is 13.0 Å². The van der Waals surface area contributed by atoms with Crippen LogP contribution in [0.4, 0.5) is 0 Å². The highest BCUT2D eigenvalue weighted by Crippen LogP contribution is 2.18. The van der Waals surface area contributed by atoms with Gasteiger partial charge in [-0.25, -0.2) is 15.0 Å². The molecule has 4 nitrogen and oxygen atoms in total. The maximum atomic E-state index is 4.98. The average molecular weight is 201 g/mol. The van der Waals surface area contributed by atoms with E-state index in [1.54, 1.807) is 25.7 Å². The Hall–Kier alpha value is -1.97. The van der Waals surface area contributed by atoms with E-state index in [0.29, 0.717) is 5.88 Å². The van der Waals surface area contributed by atoms with Crippen LogP contribution in [0.1, 0.15) is 5.82 Å². The van der Waals surface area contributed by atoms with E-state index in [4.69, 9.17) is 4.74 Å². The second-order valence-electron chi connectivity index (χ2n) is 3.11. The molecule has 0 aliphatic carbocycles. The molecule has 0 saturated carbocycles. The second-order valence-corrected chi connectivity index (χ2v) is 3.11. The van der Waals surface area contributed by atoms with E-state index in [9.17, 15) is 0 Å². The third-order valence-electron chi connectivity index (χ3n) is 2.06. The minimum absolute atomic E-state index is 0.604. The predicted molar refractivity (Wildman–Crippen MR) is 56.6 cm³/mol. The Labute approximate surface area is 88.0 Å². The first-order chi connectivity index (χ1) is 7.29. The fourth-order valence-corrected chi connectivity index (χ4v) is 1.21. The topological polar surface area (TPSA) is 47.9 Å². The molecule has 15 heavy (non-hydrogen) atoms. The first kappa shape index (κ1) is 9.58. The van der Waals surface area contributed by atoms with Gasteiger partial charge < -0.3 is 4.74 Å². The van der Waals surface area contributed by atoms with Crippen LogP contribution >= 0.6 is 0 Å². The van der Waals surface area contributed by atoms with Gasteiger partial charge in [-0.1, -0.05) is 0 Å². The lowest BCUT2D eigenvalue weighted by Crippen LogP contribution is -1.90. The highest BCUT2D eigenvalue weighted by atomic mass is 16.5. The molecule has 0 unspecified atom stereocenters. The zero-order valence-corrected chi connectivity index (χ0v) is 8.64. The van der Waals surface area contributed by atoms with Gasteiger partial charge >= 0.3 is 0 Å². The number of aryl methyl sites for hydroxylation is 1. The summed E-state index contributed by atoms with van der Waals surface area (Å²) in [5.74, 6) is 1.37. The number of hydrogen-bond donors (Lipinski definition) is 0. The van der Waals surface area contributed by atoms with E-state index < -0.39 is 0 Å². The van der Waals surface area contributed by atoms with Crippen LogP contribution in [0.3, 0.4) is 0 Å². The molecule has 0 bridgehead atoms.